The second-order valence-corrected chi connectivity index (χ2v) is 4.95. The van der Waals surface area contributed by atoms with Crippen molar-refractivity contribution in [3.05, 3.63) is 46.4 Å². The van der Waals surface area contributed by atoms with Gasteiger partial charge >= 0.3 is 0 Å². The zero-order valence-electron chi connectivity index (χ0n) is 11.7. The largest absolute Gasteiger partial charge is 0.324 e. The molecule has 0 fully saturated rings. The Kier molecular flexibility index (Phi) is 4.05. The molecule has 2 aromatic rings. The first-order chi connectivity index (χ1) is 9.02. The van der Waals surface area contributed by atoms with Crippen molar-refractivity contribution in [1.29, 1.82) is 0 Å². The van der Waals surface area contributed by atoms with Crippen LogP contribution >= 0.6 is 11.6 Å². The molecule has 4 heteroatoms. The molecule has 0 amide bonds. The van der Waals surface area contributed by atoms with Crippen LogP contribution in [-0.4, -0.2) is 16.5 Å². The average molecular weight is 276 g/mol. The van der Waals surface area contributed by atoms with Gasteiger partial charge < -0.3 is 4.90 Å². The summed E-state index contributed by atoms with van der Waals surface area (Å²) in [7, 11) is 0. The molecule has 0 atom stereocenters. The second-order valence-electron chi connectivity index (χ2n) is 4.59. The van der Waals surface area contributed by atoms with Gasteiger partial charge in [0, 0.05) is 12.2 Å². The van der Waals surface area contributed by atoms with Crippen LogP contribution in [-0.2, 0) is 0 Å². The molecule has 0 aliphatic rings. The van der Waals surface area contributed by atoms with Crippen LogP contribution < -0.4 is 4.90 Å². The lowest BCUT2D eigenvalue weighted by Gasteiger charge is -2.23. The Hall–Kier alpha value is -1.61. The summed E-state index contributed by atoms with van der Waals surface area (Å²) < 4.78 is 0. The van der Waals surface area contributed by atoms with Crippen LogP contribution in [0.1, 0.15) is 23.9 Å². The first-order valence-electron chi connectivity index (χ1n) is 6.38. The first-order valence-corrected chi connectivity index (χ1v) is 6.75. The zero-order chi connectivity index (χ0) is 14.0. The van der Waals surface area contributed by atoms with E-state index in [0.29, 0.717) is 5.15 Å². The van der Waals surface area contributed by atoms with Crippen LogP contribution in [0.15, 0.2) is 24.3 Å². The third-order valence-electron chi connectivity index (χ3n) is 3.13. The summed E-state index contributed by atoms with van der Waals surface area (Å²) in [4.78, 5) is 11.0. The molecule has 0 bridgehead atoms. The number of anilines is 2. The van der Waals surface area contributed by atoms with E-state index >= 15 is 0 Å². The van der Waals surface area contributed by atoms with Crippen LogP contribution in [0.25, 0.3) is 0 Å². The maximum absolute atomic E-state index is 6.25. The minimum absolute atomic E-state index is 0.450. The SMILES string of the molecule is CCN(c1cccc(C)c1)c1nc(C)c(C)nc1Cl. The van der Waals surface area contributed by atoms with Gasteiger partial charge in [-0.05, 0) is 45.4 Å². The number of hydrogen-bond acceptors (Lipinski definition) is 3. The Morgan fingerprint density at radius 3 is 2.42 bits per heavy atom. The average Bonchev–Trinajstić information content (AvgIpc) is 2.36. The predicted octanol–water partition coefficient (Wildman–Crippen LogP) is 4.21. The summed E-state index contributed by atoms with van der Waals surface area (Å²) >= 11 is 6.25. The Morgan fingerprint density at radius 1 is 1.11 bits per heavy atom. The smallest absolute Gasteiger partial charge is 0.172 e. The third-order valence-corrected chi connectivity index (χ3v) is 3.39. The molecular weight excluding hydrogens is 258 g/mol. The van der Waals surface area contributed by atoms with E-state index < -0.39 is 0 Å². The van der Waals surface area contributed by atoms with Crippen molar-refractivity contribution in [2.45, 2.75) is 27.7 Å². The number of aromatic nitrogens is 2. The molecule has 3 nitrogen and oxygen atoms in total. The predicted molar refractivity (Wildman–Crippen MR) is 80.4 cm³/mol. The van der Waals surface area contributed by atoms with E-state index in [1.165, 1.54) is 5.56 Å². The summed E-state index contributed by atoms with van der Waals surface area (Å²) in [5, 5.41) is 0.450. The van der Waals surface area contributed by atoms with Gasteiger partial charge in [-0.25, -0.2) is 9.97 Å². The van der Waals surface area contributed by atoms with Crippen molar-refractivity contribution in [2.75, 3.05) is 11.4 Å². The van der Waals surface area contributed by atoms with E-state index in [4.69, 9.17) is 11.6 Å². The first kappa shape index (κ1) is 13.8. The van der Waals surface area contributed by atoms with Gasteiger partial charge in [0.25, 0.3) is 0 Å². The fraction of sp³-hybridized carbons (Fsp3) is 0.333. The highest BCUT2D eigenvalue weighted by Gasteiger charge is 2.15. The van der Waals surface area contributed by atoms with E-state index in [2.05, 4.69) is 46.9 Å². The number of aryl methyl sites for hydroxylation is 3. The quantitative estimate of drug-likeness (QED) is 0.840. The van der Waals surface area contributed by atoms with Crippen LogP contribution in [0.2, 0.25) is 5.15 Å². The lowest BCUT2D eigenvalue weighted by molar-refractivity contribution is 0.945. The van der Waals surface area contributed by atoms with Crippen molar-refractivity contribution in [1.82, 2.24) is 9.97 Å². The zero-order valence-corrected chi connectivity index (χ0v) is 12.5. The molecule has 1 aromatic heterocycles. The van der Waals surface area contributed by atoms with Gasteiger partial charge in [-0.1, -0.05) is 23.7 Å². The van der Waals surface area contributed by atoms with E-state index in [-0.39, 0.29) is 0 Å². The topological polar surface area (TPSA) is 29.0 Å². The minimum atomic E-state index is 0.450. The monoisotopic (exact) mass is 275 g/mol. The highest BCUT2D eigenvalue weighted by atomic mass is 35.5. The molecule has 0 aliphatic carbocycles. The third kappa shape index (κ3) is 2.87. The van der Waals surface area contributed by atoms with Crippen molar-refractivity contribution >= 4 is 23.1 Å². The Labute approximate surface area is 119 Å². The maximum Gasteiger partial charge on any atom is 0.172 e. The van der Waals surface area contributed by atoms with Gasteiger partial charge in [-0.2, -0.15) is 0 Å². The van der Waals surface area contributed by atoms with Gasteiger partial charge in [0.2, 0.25) is 0 Å². The highest BCUT2D eigenvalue weighted by Crippen LogP contribution is 2.29. The molecule has 1 heterocycles. The molecule has 0 aliphatic heterocycles. The lowest BCUT2D eigenvalue weighted by atomic mass is 10.2. The van der Waals surface area contributed by atoms with Crippen molar-refractivity contribution in [3.8, 4) is 0 Å². The van der Waals surface area contributed by atoms with Gasteiger partial charge in [0.05, 0.1) is 11.4 Å². The highest BCUT2D eigenvalue weighted by molar-refractivity contribution is 6.31. The number of benzene rings is 1. The molecule has 0 saturated heterocycles. The summed E-state index contributed by atoms with van der Waals surface area (Å²) in [6.07, 6.45) is 0. The second kappa shape index (κ2) is 5.57. The van der Waals surface area contributed by atoms with Crippen LogP contribution in [0.3, 0.4) is 0 Å². The maximum atomic E-state index is 6.25. The molecule has 0 unspecified atom stereocenters. The molecule has 0 saturated carbocycles. The fourth-order valence-electron chi connectivity index (χ4n) is 1.99. The Morgan fingerprint density at radius 2 is 1.79 bits per heavy atom. The van der Waals surface area contributed by atoms with E-state index in [1.807, 2.05) is 19.9 Å². The van der Waals surface area contributed by atoms with Crippen LogP contribution in [0, 0.1) is 20.8 Å². The molecule has 0 spiro atoms. The summed E-state index contributed by atoms with van der Waals surface area (Å²) in [6.45, 7) is 8.81. The van der Waals surface area contributed by atoms with E-state index in [0.717, 1.165) is 29.4 Å². The number of halogens is 1. The van der Waals surface area contributed by atoms with Crippen LogP contribution in [0.5, 0.6) is 0 Å². The molecular formula is C15H18ClN3. The van der Waals surface area contributed by atoms with Gasteiger partial charge in [-0.3, -0.25) is 0 Å². The lowest BCUT2D eigenvalue weighted by Crippen LogP contribution is -2.19. The molecule has 2 rings (SSSR count). The normalized spacial score (nSPS) is 10.6. The summed E-state index contributed by atoms with van der Waals surface area (Å²) in [5.74, 6) is 0.720. The molecule has 100 valence electrons. The standard InChI is InChI=1S/C15H18ClN3/c1-5-19(13-8-6-7-10(2)9-13)15-14(16)17-11(3)12(4)18-15/h6-9H,5H2,1-4H3. The Bertz CT molecular complexity index is 596. The molecule has 1 aromatic carbocycles. The van der Waals surface area contributed by atoms with Gasteiger partial charge in [-0.15, -0.1) is 0 Å². The van der Waals surface area contributed by atoms with Gasteiger partial charge in [0.1, 0.15) is 0 Å². The van der Waals surface area contributed by atoms with Crippen molar-refractivity contribution in [3.63, 3.8) is 0 Å². The molecule has 0 radical (unpaired) electrons. The number of nitrogens with zero attached hydrogens (tertiary/aromatic N) is 3. The van der Waals surface area contributed by atoms with Gasteiger partial charge in [0.15, 0.2) is 11.0 Å². The van der Waals surface area contributed by atoms with Crippen molar-refractivity contribution < 1.29 is 0 Å². The number of rotatable bonds is 3. The number of hydrogen-bond donors (Lipinski definition) is 0. The minimum Gasteiger partial charge on any atom is -0.324 e. The Balaban J connectivity index is 2.51. The summed E-state index contributed by atoms with van der Waals surface area (Å²) in [6, 6.07) is 8.29. The van der Waals surface area contributed by atoms with Crippen molar-refractivity contribution in [2.24, 2.45) is 0 Å². The van der Waals surface area contributed by atoms with E-state index in [9.17, 15) is 0 Å². The molecule has 0 N–H and O–H groups in total. The molecule has 19 heavy (non-hydrogen) atoms. The van der Waals surface area contributed by atoms with E-state index in [1.54, 1.807) is 0 Å². The fourth-order valence-corrected chi connectivity index (χ4v) is 2.26. The van der Waals surface area contributed by atoms with Crippen LogP contribution in [0.4, 0.5) is 11.5 Å². The summed E-state index contributed by atoms with van der Waals surface area (Å²) in [5.41, 5.74) is 4.07.